The summed E-state index contributed by atoms with van der Waals surface area (Å²) in [5, 5.41) is 16.3. The minimum Gasteiger partial charge on any atom is -0.392 e. The second-order valence-corrected chi connectivity index (χ2v) is 5.59. The van der Waals surface area contributed by atoms with Gasteiger partial charge in [-0.25, -0.2) is 0 Å². The van der Waals surface area contributed by atoms with E-state index in [4.69, 9.17) is 4.52 Å². The van der Waals surface area contributed by atoms with Crippen molar-refractivity contribution >= 4 is 10.8 Å². The van der Waals surface area contributed by atoms with Gasteiger partial charge in [0.25, 0.3) is 0 Å². The topological polar surface area (TPSA) is 59.2 Å². The molecule has 1 aromatic heterocycles. The van der Waals surface area contributed by atoms with Gasteiger partial charge in [0.05, 0.1) is 12.0 Å². The number of aliphatic hydroxyl groups excluding tert-OH is 1. The highest BCUT2D eigenvalue weighted by Gasteiger charge is 2.31. The van der Waals surface area contributed by atoms with Gasteiger partial charge in [0.15, 0.2) is 0 Å². The minimum absolute atomic E-state index is 0.0128. The highest BCUT2D eigenvalue weighted by molar-refractivity contribution is 5.94. The van der Waals surface area contributed by atoms with Crippen molar-refractivity contribution in [3.8, 4) is 11.4 Å². The largest absolute Gasteiger partial charge is 0.392 e. The van der Waals surface area contributed by atoms with E-state index in [9.17, 15) is 5.11 Å². The Labute approximate surface area is 122 Å². The van der Waals surface area contributed by atoms with Crippen LogP contribution in [0.1, 0.15) is 31.1 Å². The van der Waals surface area contributed by atoms with E-state index in [0.717, 1.165) is 35.6 Å². The molecule has 1 saturated carbocycles. The first kappa shape index (κ1) is 12.5. The Morgan fingerprint density at radius 1 is 1.05 bits per heavy atom. The molecule has 1 aliphatic carbocycles. The van der Waals surface area contributed by atoms with Gasteiger partial charge in [-0.3, -0.25) is 0 Å². The maximum absolute atomic E-state index is 9.97. The highest BCUT2D eigenvalue weighted by Crippen LogP contribution is 2.35. The summed E-state index contributed by atoms with van der Waals surface area (Å²) in [6, 6.07) is 14.2. The Hall–Kier alpha value is -2.20. The molecular weight excluding hydrogens is 264 g/mol. The van der Waals surface area contributed by atoms with E-state index < -0.39 is 0 Å². The molecule has 4 heteroatoms. The molecule has 0 radical (unpaired) electrons. The predicted molar refractivity (Wildman–Crippen MR) is 79.8 cm³/mol. The first-order valence-corrected chi connectivity index (χ1v) is 7.33. The summed E-state index contributed by atoms with van der Waals surface area (Å²) >= 11 is 0. The fraction of sp³-hybridized carbons (Fsp3) is 0.294. The molecule has 4 rings (SSSR count). The third-order valence-electron chi connectivity index (χ3n) is 4.27. The van der Waals surface area contributed by atoms with Gasteiger partial charge in [0.1, 0.15) is 0 Å². The van der Waals surface area contributed by atoms with Crippen molar-refractivity contribution in [2.75, 3.05) is 0 Å². The second-order valence-electron chi connectivity index (χ2n) is 5.59. The zero-order chi connectivity index (χ0) is 14.2. The lowest BCUT2D eigenvalue weighted by Crippen LogP contribution is -2.11. The van der Waals surface area contributed by atoms with Crippen LogP contribution in [0.15, 0.2) is 47.0 Å². The third kappa shape index (κ3) is 2.12. The molecule has 21 heavy (non-hydrogen) atoms. The normalized spacial score (nSPS) is 22.0. The van der Waals surface area contributed by atoms with E-state index >= 15 is 0 Å². The molecule has 0 amide bonds. The first-order valence-electron chi connectivity index (χ1n) is 7.33. The number of benzene rings is 2. The summed E-state index contributed by atoms with van der Waals surface area (Å²) in [6.07, 6.45) is 2.39. The van der Waals surface area contributed by atoms with Gasteiger partial charge in [-0.2, -0.15) is 4.98 Å². The molecule has 1 heterocycles. The predicted octanol–water partition coefficient (Wildman–Crippen LogP) is 3.52. The Morgan fingerprint density at radius 3 is 2.76 bits per heavy atom. The second kappa shape index (κ2) is 4.97. The van der Waals surface area contributed by atoms with E-state index in [1.165, 1.54) is 0 Å². The van der Waals surface area contributed by atoms with Gasteiger partial charge in [-0.15, -0.1) is 0 Å². The van der Waals surface area contributed by atoms with E-state index in [2.05, 4.69) is 28.3 Å². The third-order valence-corrected chi connectivity index (χ3v) is 4.27. The highest BCUT2D eigenvalue weighted by atomic mass is 16.5. The summed E-state index contributed by atoms with van der Waals surface area (Å²) in [6.45, 7) is 0. The van der Waals surface area contributed by atoms with Crippen LogP contribution in [0.25, 0.3) is 22.2 Å². The lowest BCUT2D eigenvalue weighted by molar-refractivity contribution is 0.148. The number of aliphatic hydroxyl groups is 1. The monoisotopic (exact) mass is 280 g/mol. The smallest absolute Gasteiger partial charge is 0.232 e. The molecule has 106 valence electrons. The maximum atomic E-state index is 9.97. The average molecular weight is 280 g/mol. The number of hydrogen-bond acceptors (Lipinski definition) is 4. The quantitative estimate of drug-likeness (QED) is 0.780. The van der Waals surface area contributed by atoms with Crippen LogP contribution in [0.5, 0.6) is 0 Å². The zero-order valence-electron chi connectivity index (χ0n) is 11.6. The summed E-state index contributed by atoms with van der Waals surface area (Å²) in [5.41, 5.74) is 0.968. The van der Waals surface area contributed by atoms with Crippen molar-refractivity contribution in [1.82, 2.24) is 10.1 Å². The summed E-state index contributed by atoms with van der Waals surface area (Å²) < 4.78 is 5.40. The molecule has 1 N–H and O–H groups in total. The summed E-state index contributed by atoms with van der Waals surface area (Å²) in [4.78, 5) is 4.53. The van der Waals surface area contributed by atoms with Crippen molar-refractivity contribution in [2.45, 2.75) is 31.3 Å². The van der Waals surface area contributed by atoms with Crippen LogP contribution >= 0.6 is 0 Å². The number of nitrogens with zero attached hydrogens (tertiary/aromatic N) is 2. The molecule has 0 saturated heterocycles. The standard InChI is InChI=1S/C17H16N2O2/c20-15-10-4-9-14(15)17-18-16(19-21-17)13-8-3-6-11-5-1-2-7-12(11)13/h1-3,5-8,14-15,20H,4,9-10H2. The number of aromatic nitrogens is 2. The lowest BCUT2D eigenvalue weighted by atomic mass is 10.0. The first-order chi connectivity index (χ1) is 10.3. The molecule has 2 atom stereocenters. The van der Waals surface area contributed by atoms with Gasteiger partial charge in [-0.05, 0) is 30.0 Å². The van der Waals surface area contributed by atoms with E-state index in [1.807, 2.05) is 24.3 Å². The van der Waals surface area contributed by atoms with Crippen LogP contribution in [0.2, 0.25) is 0 Å². The minimum atomic E-state index is -0.356. The molecule has 0 bridgehead atoms. The summed E-state index contributed by atoms with van der Waals surface area (Å²) in [5.74, 6) is 1.14. The van der Waals surface area contributed by atoms with E-state index in [0.29, 0.717) is 11.7 Å². The molecule has 0 spiro atoms. The molecule has 4 nitrogen and oxygen atoms in total. The van der Waals surface area contributed by atoms with Crippen molar-refractivity contribution in [3.63, 3.8) is 0 Å². The van der Waals surface area contributed by atoms with Crippen molar-refractivity contribution < 1.29 is 9.63 Å². The van der Waals surface area contributed by atoms with Gasteiger partial charge in [-0.1, -0.05) is 47.6 Å². The molecular formula is C17H16N2O2. The van der Waals surface area contributed by atoms with E-state index in [-0.39, 0.29) is 12.0 Å². The van der Waals surface area contributed by atoms with Crippen molar-refractivity contribution in [3.05, 3.63) is 48.4 Å². The Morgan fingerprint density at radius 2 is 1.90 bits per heavy atom. The number of hydrogen-bond donors (Lipinski definition) is 1. The Kier molecular flexibility index (Phi) is 2.97. The number of fused-ring (bicyclic) bond motifs is 1. The van der Waals surface area contributed by atoms with Crippen molar-refractivity contribution in [1.29, 1.82) is 0 Å². The SMILES string of the molecule is OC1CCCC1c1nc(-c2cccc3ccccc23)no1. The zero-order valence-corrected chi connectivity index (χ0v) is 11.6. The van der Waals surface area contributed by atoms with Gasteiger partial charge >= 0.3 is 0 Å². The molecule has 2 aromatic carbocycles. The van der Waals surface area contributed by atoms with Gasteiger partial charge in [0, 0.05) is 5.56 Å². The molecule has 2 unspecified atom stereocenters. The molecule has 0 aliphatic heterocycles. The fourth-order valence-corrected chi connectivity index (χ4v) is 3.14. The number of rotatable bonds is 2. The van der Waals surface area contributed by atoms with Gasteiger partial charge in [0.2, 0.25) is 11.7 Å². The average Bonchev–Trinajstić information content (AvgIpc) is 3.15. The molecule has 1 fully saturated rings. The van der Waals surface area contributed by atoms with Gasteiger partial charge < -0.3 is 9.63 Å². The Bertz CT molecular complexity index is 776. The van der Waals surface area contributed by atoms with Crippen LogP contribution in [-0.4, -0.2) is 21.4 Å². The lowest BCUT2D eigenvalue weighted by Gasteiger charge is -2.07. The molecule has 3 aromatic rings. The van der Waals surface area contributed by atoms with E-state index in [1.54, 1.807) is 0 Å². The fourth-order valence-electron chi connectivity index (χ4n) is 3.14. The van der Waals surface area contributed by atoms with Crippen LogP contribution in [-0.2, 0) is 0 Å². The summed E-state index contributed by atoms with van der Waals surface area (Å²) in [7, 11) is 0. The van der Waals surface area contributed by atoms with Crippen LogP contribution in [0.3, 0.4) is 0 Å². The van der Waals surface area contributed by atoms with Crippen LogP contribution < -0.4 is 0 Å². The Balaban J connectivity index is 1.78. The maximum Gasteiger partial charge on any atom is 0.232 e. The van der Waals surface area contributed by atoms with Crippen LogP contribution in [0, 0.1) is 0 Å². The van der Waals surface area contributed by atoms with Crippen LogP contribution in [0.4, 0.5) is 0 Å². The molecule has 1 aliphatic rings. The van der Waals surface area contributed by atoms with Crippen molar-refractivity contribution in [2.24, 2.45) is 0 Å².